The van der Waals surface area contributed by atoms with Gasteiger partial charge in [0.25, 0.3) is 12.6 Å². The Kier molecular flexibility index (Phi) is 7.35. The van der Waals surface area contributed by atoms with Gasteiger partial charge in [-0.3, -0.25) is 9.59 Å². The largest absolute Gasteiger partial charge is 0.348 e. The highest BCUT2D eigenvalue weighted by Gasteiger charge is 2.55. The Morgan fingerprint density at radius 1 is 1.20 bits per heavy atom. The number of hydrogen-bond acceptors (Lipinski definition) is 7. The Hall–Kier alpha value is -3.68. The van der Waals surface area contributed by atoms with E-state index in [1.807, 2.05) is 30.6 Å². The van der Waals surface area contributed by atoms with Crippen LogP contribution in [-0.4, -0.2) is 83.1 Å². The Morgan fingerprint density at radius 2 is 2.02 bits per heavy atom. The summed E-state index contributed by atoms with van der Waals surface area (Å²) in [6.45, 7) is 8.69. The molecule has 1 aliphatic carbocycles. The van der Waals surface area contributed by atoms with Gasteiger partial charge >= 0.3 is 0 Å². The third-order valence-electron chi connectivity index (χ3n) is 9.77. The first-order valence-electron chi connectivity index (χ1n) is 14.9. The number of hydrogen-bond donors (Lipinski definition) is 0. The summed E-state index contributed by atoms with van der Waals surface area (Å²) in [5, 5.41) is 9.78. The third kappa shape index (κ3) is 4.71. The summed E-state index contributed by atoms with van der Waals surface area (Å²) in [6.07, 6.45) is 7.24. The van der Waals surface area contributed by atoms with Crippen molar-refractivity contribution < 1.29 is 14.0 Å². The molecule has 4 unspecified atom stereocenters. The quantitative estimate of drug-likeness (QED) is 0.493. The number of amides is 2. The van der Waals surface area contributed by atoms with E-state index in [2.05, 4.69) is 20.8 Å². The molecule has 2 saturated heterocycles. The summed E-state index contributed by atoms with van der Waals surface area (Å²) in [7, 11) is 0. The number of nitriles is 1. The van der Waals surface area contributed by atoms with E-state index in [1.165, 1.54) is 18.5 Å². The molecule has 214 valence electrons. The number of aromatic nitrogens is 2. The molecule has 4 atom stereocenters. The highest BCUT2D eigenvalue weighted by molar-refractivity contribution is 6.74. The van der Waals surface area contributed by atoms with Crippen LogP contribution >= 0.6 is 0 Å². The fourth-order valence-corrected chi connectivity index (χ4v) is 7.82. The Balaban J connectivity index is 1.25. The zero-order chi connectivity index (χ0) is 28.8. The van der Waals surface area contributed by atoms with E-state index in [4.69, 9.17) is 0 Å². The van der Waals surface area contributed by atoms with Crippen LogP contribution in [0.5, 0.6) is 0 Å². The van der Waals surface area contributed by atoms with Crippen molar-refractivity contribution >= 4 is 35.7 Å². The van der Waals surface area contributed by atoms with E-state index < -0.39 is 5.82 Å². The van der Waals surface area contributed by atoms with Crippen molar-refractivity contribution in [3.05, 3.63) is 42.1 Å². The normalized spacial score (nSPS) is 25.1. The van der Waals surface area contributed by atoms with Crippen LogP contribution in [0.3, 0.4) is 0 Å². The smallest absolute Gasteiger partial charge is 0.283 e. The van der Waals surface area contributed by atoms with Crippen molar-refractivity contribution in [3.8, 4) is 5.97 Å². The van der Waals surface area contributed by atoms with Gasteiger partial charge < -0.3 is 19.6 Å². The molecule has 0 spiro atoms. The lowest BCUT2D eigenvalue weighted by Gasteiger charge is -2.41. The van der Waals surface area contributed by atoms with E-state index in [0.717, 1.165) is 37.2 Å². The van der Waals surface area contributed by atoms with Crippen molar-refractivity contribution in [2.75, 3.05) is 42.5 Å². The van der Waals surface area contributed by atoms with Crippen LogP contribution in [0.4, 0.5) is 21.6 Å². The lowest BCUT2D eigenvalue weighted by atomic mass is 9.35. The van der Waals surface area contributed by atoms with Crippen LogP contribution in [0.25, 0.3) is 0 Å². The second-order valence-corrected chi connectivity index (χ2v) is 12.2. The van der Waals surface area contributed by atoms with Gasteiger partial charge in [-0.15, -0.1) is 0 Å². The topological polar surface area (TPSA) is 96.7 Å². The molecule has 1 saturated carbocycles. The van der Waals surface area contributed by atoms with Gasteiger partial charge in [-0.2, -0.15) is 0 Å². The van der Waals surface area contributed by atoms with Crippen LogP contribution in [0, 0.1) is 23.0 Å². The van der Waals surface area contributed by atoms with Gasteiger partial charge in [-0.05, 0) is 57.1 Å². The maximum absolute atomic E-state index is 14.4. The SMILES string of the molecule is CCN(C(=O)c1cc(F)ccc1N1CCN(C2CCN(C(=O)C3B(C#N)C4CCC3C4)C2)c2ncncc21)C(C)C. The summed E-state index contributed by atoms with van der Waals surface area (Å²) in [6, 6.07) is 4.45. The molecule has 41 heavy (non-hydrogen) atoms. The summed E-state index contributed by atoms with van der Waals surface area (Å²) in [4.78, 5) is 44.1. The molecule has 2 aromatic rings. The second-order valence-electron chi connectivity index (χ2n) is 12.2. The van der Waals surface area contributed by atoms with Gasteiger partial charge in [0.05, 0.1) is 17.4 Å². The second kappa shape index (κ2) is 11.0. The molecule has 0 N–H and O–H groups in total. The number of likely N-dealkylation sites (tertiary alicyclic amines) is 1. The van der Waals surface area contributed by atoms with Crippen LogP contribution in [-0.2, 0) is 4.79 Å². The Bertz CT molecular complexity index is 1380. The molecule has 1 aromatic heterocycles. The number of fused-ring (bicyclic) bond motifs is 3. The number of carbonyl (C=O) groups is 2. The maximum Gasteiger partial charge on any atom is 0.283 e. The molecule has 3 fully saturated rings. The number of rotatable bonds is 6. The lowest BCUT2D eigenvalue weighted by Crippen LogP contribution is -2.48. The lowest BCUT2D eigenvalue weighted by molar-refractivity contribution is -0.131. The predicted octanol–water partition coefficient (Wildman–Crippen LogP) is 4.16. The van der Waals surface area contributed by atoms with Gasteiger partial charge in [-0.1, -0.05) is 19.3 Å². The van der Waals surface area contributed by atoms with Crippen molar-refractivity contribution in [3.63, 3.8) is 0 Å². The van der Waals surface area contributed by atoms with E-state index in [-0.39, 0.29) is 36.4 Å². The number of nitrogens with zero attached hydrogens (tertiary/aromatic N) is 7. The number of carbonyl (C=O) groups excluding carboxylic acids is 2. The minimum absolute atomic E-state index is 0.0213. The summed E-state index contributed by atoms with van der Waals surface area (Å²) in [5.41, 5.74) is 1.71. The molecule has 11 heteroatoms. The molecule has 1 aromatic carbocycles. The van der Waals surface area contributed by atoms with Crippen molar-refractivity contribution in [1.29, 1.82) is 5.26 Å². The minimum Gasteiger partial charge on any atom is -0.348 e. The molecule has 4 heterocycles. The summed E-state index contributed by atoms with van der Waals surface area (Å²) >= 11 is 0. The first-order valence-corrected chi connectivity index (χ1v) is 14.9. The van der Waals surface area contributed by atoms with Crippen LogP contribution < -0.4 is 9.80 Å². The van der Waals surface area contributed by atoms with Gasteiger partial charge in [0, 0.05) is 56.6 Å². The Morgan fingerprint density at radius 3 is 2.78 bits per heavy atom. The predicted molar refractivity (Wildman–Crippen MR) is 156 cm³/mol. The van der Waals surface area contributed by atoms with E-state index in [1.54, 1.807) is 17.2 Å². The molecule has 2 bridgehead atoms. The zero-order valence-corrected chi connectivity index (χ0v) is 24.0. The van der Waals surface area contributed by atoms with E-state index >= 15 is 0 Å². The number of anilines is 3. The highest BCUT2D eigenvalue weighted by atomic mass is 19.1. The summed E-state index contributed by atoms with van der Waals surface area (Å²) < 4.78 is 14.4. The molecule has 9 nitrogen and oxygen atoms in total. The average Bonchev–Trinajstić information content (AvgIpc) is 3.73. The molecular weight excluding hydrogens is 520 g/mol. The summed E-state index contributed by atoms with van der Waals surface area (Å²) in [5.74, 6) is 3.26. The van der Waals surface area contributed by atoms with Crippen molar-refractivity contribution in [2.24, 2.45) is 5.92 Å². The van der Waals surface area contributed by atoms with Crippen LogP contribution in [0.15, 0.2) is 30.7 Å². The van der Waals surface area contributed by atoms with Crippen molar-refractivity contribution in [1.82, 2.24) is 19.8 Å². The van der Waals surface area contributed by atoms with E-state index in [9.17, 15) is 19.2 Å². The first kappa shape index (κ1) is 27.5. The molecule has 0 radical (unpaired) electrons. The van der Waals surface area contributed by atoms with Crippen molar-refractivity contribution in [2.45, 2.75) is 70.2 Å². The maximum atomic E-state index is 14.4. The zero-order valence-electron chi connectivity index (χ0n) is 24.0. The van der Waals surface area contributed by atoms with Gasteiger partial charge in [0.2, 0.25) is 5.91 Å². The Labute approximate surface area is 241 Å². The van der Waals surface area contributed by atoms with Gasteiger partial charge in [0.15, 0.2) is 5.82 Å². The van der Waals surface area contributed by atoms with E-state index in [0.29, 0.717) is 55.7 Å². The monoisotopic (exact) mass is 557 g/mol. The standard InChI is InChI=1S/C30H37BFN7O2/c1-4-37(19(2)3)29(40)24-14-22(32)7-8-25(24)39-12-11-38(28-26(39)15-34-18-35-28)23-9-10-36(16-23)30(41)27-20-5-6-21(13-20)31(27)17-33/h7-8,14-15,18-21,23,27H,4-6,9-13,16H2,1-3H3. The molecule has 2 amide bonds. The van der Waals surface area contributed by atoms with Crippen LogP contribution in [0.1, 0.15) is 56.8 Å². The molecule has 4 aliphatic rings. The minimum atomic E-state index is -0.454. The fourth-order valence-electron chi connectivity index (χ4n) is 7.82. The highest BCUT2D eigenvalue weighted by Crippen LogP contribution is 2.55. The van der Waals surface area contributed by atoms with Crippen LogP contribution in [0.2, 0.25) is 11.6 Å². The van der Waals surface area contributed by atoms with Gasteiger partial charge in [0.1, 0.15) is 17.8 Å². The number of halogens is 1. The molecule has 3 aliphatic heterocycles. The average molecular weight is 557 g/mol. The molecular formula is C30H37BFN7O2. The fraction of sp³-hybridized carbons (Fsp3) is 0.567. The number of benzene rings is 1. The third-order valence-corrected chi connectivity index (χ3v) is 9.77. The molecule has 6 rings (SSSR count). The van der Waals surface area contributed by atoms with Gasteiger partial charge in [-0.25, -0.2) is 19.6 Å². The first-order chi connectivity index (χ1) is 19.8.